The molecule has 0 spiro atoms. The number of halogens is 1. The minimum atomic E-state index is -0.0307. The number of hydrogen-bond acceptors (Lipinski definition) is 5. The summed E-state index contributed by atoms with van der Waals surface area (Å²) in [5.41, 5.74) is 1.76. The first-order chi connectivity index (χ1) is 10.6. The molecule has 0 radical (unpaired) electrons. The number of carbonyl (C=O) groups excluding carboxylic acids is 1. The molecule has 7 heteroatoms. The molecule has 128 valence electrons. The fourth-order valence-electron chi connectivity index (χ4n) is 2.15. The highest BCUT2D eigenvalue weighted by atomic mass is 127. The number of amides is 1. The molecule has 23 heavy (non-hydrogen) atoms. The van der Waals surface area contributed by atoms with E-state index in [0.717, 1.165) is 37.6 Å². The molecule has 1 aromatic carbocycles. The average molecular weight is 431 g/mol. The summed E-state index contributed by atoms with van der Waals surface area (Å²) in [6.45, 7) is 3.96. The fourth-order valence-corrected chi connectivity index (χ4v) is 2.15. The van der Waals surface area contributed by atoms with Crippen molar-refractivity contribution in [3.63, 3.8) is 0 Å². The van der Waals surface area contributed by atoms with Crippen LogP contribution in [-0.4, -0.2) is 57.0 Å². The van der Waals surface area contributed by atoms with Crippen LogP contribution in [0.1, 0.15) is 22.3 Å². The summed E-state index contributed by atoms with van der Waals surface area (Å²) in [7, 11) is 3.97. The lowest BCUT2D eigenvalue weighted by Gasteiger charge is -2.16. The fraction of sp³-hybridized carbons (Fsp3) is 0.500. The maximum Gasteiger partial charge on any atom is 0.251 e. The van der Waals surface area contributed by atoms with Gasteiger partial charge in [0.25, 0.3) is 5.91 Å². The molecule has 1 aromatic rings. The first kappa shape index (κ1) is 19.7. The summed E-state index contributed by atoms with van der Waals surface area (Å²) in [5, 5.41) is 9.41. The van der Waals surface area contributed by atoms with Crippen LogP contribution in [0.3, 0.4) is 0 Å². The number of nitrogens with one attached hydrogen (secondary N) is 3. The Morgan fingerprint density at radius 3 is 2.91 bits per heavy atom. The van der Waals surface area contributed by atoms with Crippen molar-refractivity contribution in [3.8, 4) is 0 Å². The number of rotatable bonds is 6. The number of benzene rings is 1. The predicted molar refractivity (Wildman–Crippen MR) is 105 cm³/mol. The molecule has 1 aliphatic heterocycles. The Morgan fingerprint density at radius 1 is 1.39 bits per heavy atom. The minimum absolute atomic E-state index is 0. The summed E-state index contributed by atoms with van der Waals surface area (Å²) in [6, 6.07) is 7.67. The molecule has 0 atom stereocenters. The van der Waals surface area contributed by atoms with Gasteiger partial charge in [-0.1, -0.05) is 12.1 Å². The normalized spacial score (nSPS) is 13.6. The van der Waals surface area contributed by atoms with Gasteiger partial charge in [0, 0.05) is 38.3 Å². The first-order valence-corrected chi connectivity index (χ1v) is 7.69. The Balaban J connectivity index is 0.00000264. The summed E-state index contributed by atoms with van der Waals surface area (Å²) in [4.78, 5) is 18.5. The van der Waals surface area contributed by atoms with Crippen LogP contribution in [0.15, 0.2) is 29.3 Å². The van der Waals surface area contributed by atoms with Crippen LogP contribution in [0, 0.1) is 0 Å². The number of carbonyl (C=O) groups is 1. The van der Waals surface area contributed by atoms with Gasteiger partial charge in [0.2, 0.25) is 0 Å². The predicted octanol–water partition coefficient (Wildman–Crippen LogP) is 1.03. The highest BCUT2D eigenvalue weighted by Gasteiger charge is 2.07. The van der Waals surface area contributed by atoms with E-state index >= 15 is 0 Å². The molecule has 3 N–H and O–H groups in total. The van der Waals surface area contributed by atoms with E-state index in [2.05, 4.69) is 20.9 Å². The van der Waals surface area contributed by atoms with Crippen LogP contribution in [0.25, 0.3) is 0 Å². The van der Waals surface area contributed by atoms with Crippen molar-refractivity contribution in [1.82, 2.24) is 20.9 Å². The number of guanidine groups is 1. The molecule has 2 rings (SSSR count). The van der Waals surface area contributed by atoms with Crippen LogP contribution < -0.4 is 16.0 Å². The van der Waals surface area contributed by atoms with Crippen molar-refractivity contribution < 1.29 is 4.79 Å². The van der Waals surface area contributed by atoms with Crippen molar-refractivity contribution in [2.75, 3.05) is 40.3 Å². The van der Waals surface area contributed by atoms with Gasteiger partial charge in [0.1, 0.15) is 0 Å². The second-order valence-corrected chi connectivity index (χ2v) is 5.62. The highest BCUT2D eigenvalue weighted by molar-refractivity contribution is 14.0. The van der Waals surface area contributed by atoms with E-state index in [1.165, 1.54) is 0 Å². The van der Waals surface area contributed by atoms with Crippen LogP contribution in [0.2, 0.25) is 0 Å². The zero-order chi connectivity index (χ0) is 15.8. The van der Waals surface area contributed by atoms with Crippen LogP contribution in [0.4, 0.5) is 0 Å². The largest absolute Gasteiger partial charge is 0.356 e. The van der Waals surface area contributed by atoms with Crippen LogP contribution in [-0.2, 0) is 6.54 Å². The van der Waals surface area contributed by atoms with Gasteiger partial charge in [-0.3, -0.25) is 9.79 Å². The molecule has 0 aliphatic carbocycles. The number of nitrogens with zero attached hydrogens (tertiary/aromatic N) is 2. The van der Waals surface area contributed by atoms with Gasteiger partial charge in [0.15, 0.2) is 5.96 Å². The van der Waals surface area contributed by atoms with Crippen molar-refractivity contribution in [2.45, 2.75) is 13.0 Å². The van der Waals surface area contributed by atoms with Gasteiger partial charge in [0.05, 0.1) is 0 Å². The lowest BCUT2D eigenvalue weighted by atomic mass is 10.1. The summed E-state index contributed by atoms with van der Waals surface area (Å²) in [6.07, 6.45) is 1.08. The molecule has 0 aromatic heterocycles. The molecule has 1 heterocycles. The van der Waals surface area contributed by atoms with E-state index in [1.54, 1.807) is 0 Å². The average Bonchev–Trinajstić information content (AvgIpc) is 2.54. The van der Waals surface area contributed by atoms with Gasteiger partial charge in [-0.25, -0.2) is 0 Å². The molecular formula is C16H26IN5O. The number of likely N-dealkylation sites (N-methyl/N-ethyl adjacent to an activating group) is 1. The van der Waals surface area contributed by atoms with Crippen molar-refractivity contribution in [1.29, 1.82) is 0 Å². The van der Waals surface area contributed by atoms with Gasteiger partial charge >= 0.3 is 0 Å². The Hall–Kier alpha value is -1.35. The molecule has 1 aliphatic rings. The van der Waals surface area contributed by atoms with Crippen LogP contribution >= 0.6 is 24.0 Å². The Bertz CT molecular complexity index is 533. The summed E-state index contributed by atoms with van der Waals surface area (Å²) in [5.74, 6) is 0.809. The molecule has 0 fully saturated rings. The lowest BCUT2D eigenvalue weighted by Crippen LogP contribution is -2.40. The van der Waals surface area contributed by atoms with E-state index in [4.69, 9.17) is 0 Å². The second kappa shape index (κ2) is 10.4. The van der Waals surface area contributed by atoms with Crippen molar-refractivity contribution in [3.05, 3.63) is 35.4 Å². The van der Waals surface area contributed by atoms with E-state index in [-0.39, 0.29) is 29.9 Å². The Kier molecular flexibility index (Phi) is 8.93. The van der Waals surface area contributed by atoms with E-state index in [9.17, 15) is 4.79 Å². The molecular weight excluding hydrogens is 405 g/mol. The summed E-state index contributed by atoms with van der Waals surface area (Å²) < 4.78 is 0. The minimum Gasteiger partial charge on any atom is -0.356 e. The molecule has 6 nitrogen and oxygen atoms in total. The SMILES string of the molecule is CN(C)CCNC(=O)c1cccc(CNC2=NCCCN2)c1.I. The molecule has 0 bridgehead atoms. The van der Waals surface area contributed by atoms with E-state index in [1.807, 2.05) is 43.3 Å². The van der Waals surface area contributed by atoms with Gasteiger partial charge < -0.3 is 20.9 Å². The standard InChI is InChI=1S/C16H25N5O.HI/c1-21(2)10-9-17-15(22)14-6-3-5-13(11-14)12-20-16-18-7-4-8-19-16;/h3,5-6,11H,4,7-10,12H2,1-2H3,(H,17,22)(H2,18,19,20);1H. The zero-order valence-corrected chi connectivity index (χ0v) is 16.1. The van der Waals surface area contributed by atoms with E-state index < -0.39 is 0 Å². The van der Waals surface area contributed by atoms with Crippen LogP contribution in [0.5, 0.6) is 0 Å². The maximum atomic E-state index is 12.1. The van der Waals surface area contributed by atoms with Gasteiger partial charge in [-0.15, -0.1) is 24.0 Å². The highest BCUT2D eigenvalue weighted by Crippen LogP contribution is 2.05. The van der Waals surface area contributed by atoms with E-state index in [0.29, 0.717) is 18.7 Å². The Labute approximate surface area is 155 Å². The quantitative estimate of drug-likeness (QED) is 0.589. The third kappa shape index (κ3) is 7.17. The first-order valence-electron chi connectivity index (χ1n) is 7.69. The lowest BCUT2D eigenvalue weighted by molar-refractivity contribution is 0.0951. The number of hydrogen-bond donors (Lipinski definition) is 3. The molecule has 0 unspecified atom stereocenters. The number of aliphatic imine (C=N–C) groups is 1. The van der Waals surface area contributed by atoms with Crippen molar-refractivity contribution in [2.24, 2.45) is 4.99 Å². The molecule has 0 saturated heterocycles. The molecule has 0 saturated carbocycles. The Morgan fingerprint density at radius 2 is 2.22 bits per heavy atom. The summed E-state index contributed by atoms with van der Waals surface area (Å²) >= 11 is 0. The monoisotopic (exact) mass is 431 g/mol. The topological polar surface area (TPSA) is 68.8 Å². The maximum absolute atomic E-state index is 12.1. The molecule has 1 amide bonds. The van der Waals surface area contributed by atoms with Gasteiger partial charge in [-0.05, 0) is 38.2 Å². The smallest absolute Gasteiger partial charge is 0.251 e. The zero-order valence-electron chi connectivity index (χ0n) is 13.8. The third-order valence-electron chi connectivity index (χ3n) is 3.39. The second-order valence-electron chi connectivity index (χ2n) is 5.62. The third-order valence-corrected chi connectivity index (χ3v) is 3.39. The van der Waals surface area contributed by atoms with Crippen molar-refractivity contribution >= 4 is 35.8 Å². The van der Waals surface area contributed by atoms with Gasteiger partial charge in [-0.2, -0.15) is 0 Å².